The minimum Gasteiger partial charge on any atom is -0.478 e. The zero-order valence-electron chi connectivity index (χ0n) is 13.6. The Morgan fingerprint density at radius 3 is 2.85 bits per heavy atom. The van der Waals surface area contributed by atoms with Crippen molar-refractivity contribution in [1.82, 2.24) is 14.4 Å². The Bertz CT molecular complexity index is 1270. The molecule has 0 unspecified atom stereocenters. The molecule has 0 fully saturated rings. The van der Waals surface area contributed by atoms with Crippen molar-refractivity contribution < 1.29 is 9.90 Å². The Kier molecular flexibility index (Phi) is 2.91. The quantitative estimate of drug-likeness (QED) is 0.516. The molecule has 2 heterocycles. The molecule has 0 atom stereocenters. The summed E-state index contributed by atoms with van der Waals surface area (Å²) in [6.45, 7) is 0. The van der Waals surface area contributed by atoms with E-state index in [-0.39, 0.29) is 11.1 Å². The van der Waals surface area contributed by atoms with Gasteiger partial charge in [-0.1, -0.05) is 36.4 Å². The second-order valence-corrected chi connectivity index (χ2v) is 6.32. The van der Waals surface area contributed by atoms with Gasteiger partial charge in [-0.2, -0.15) is 0 Å². The zero-order chi connectivity index (χ0) is 17.8. The number of carboxylic acids is 1. The normalized spacial score (nSPS) is 12.2. The molecule has 5 rings (SSSR count). The van der Waals surface area contributed by atoms with Crippen LogP contribution in [0.2, 0.25) is 0 Å². The van der Waals surface area contributed by atoms with Crippen LogP contribution in [0.3, 0.4) is 0 Å². The number of aromatic amines is 1. The molecule has 2 aromatic heterocycles. The number of imidazole rings is 1. The van der Waals surface area contributed by atoms with Crippen molar-refractivity contribution in [2.24, 2.45) is 0 Å². The average molecular weight is 343 g/mol. The minimum atomic E-state index is -0.996. The monoisotopic (exact) mass is 343 g/mol. The first-order valence-electron chi connectivity index (χ1n) is 8.18. The van der Waals surface area contributed by atoms with Gasteiger partial charge in [0.25, 0.3) is 5.56 Å². The molecule has 26 heavy (non-hydrogen) atoms. The summed E-state index contributed by atoms with van der Waals surface area (Å²) >= 11 is 0. The number of fused-ring (bicyclic) bond motifs is 5. The number of carbonyl (C=O) groups is 1. The lowest BCUT2D eigenvalue weighted by Gasteiger charge is -2.03. The van der Waals surface area contributed by atoms with E-state index in [9.17, 15) is 14.7 Å². The van der Waals surface area contributed by atoms with Gasteiger partial charge in [-0.05, 0) is 17.7 Å². The van der Waals surface area contributed by atoms with Crippen molar-refractivity contribution >= 4 is 11.6 Å². The summed E-state index contributed by atoms with van der Waals surface area (Å²) in [6, 6.07) is 14.5. The third kappa shape index (κ3) is 2.02. The SMILES string of the molecule is O=C(O)c1cccc(-c2cn3c4c([nH]c(=O)c3n2)-c2ccccc2C4)c1. The summed E-state index contributed by atoms with van der Waals surface area (Å²) in [4.78, 5) is 31.1. The molecule has 2 N–H and O–H groups in total. The van der Waals surface area contributed by atoms with Gasteiger partial charge in [-0.3, -0.25) is 9.20 Å². The number of H-pyrrole nitrogens is 1. The molecule has 4 aromatic rings. The fraction of sp³-hybridized carbons (Fsp3) is 0.0500. The highest BCUT2D eigenvalue weighted by Crippen LogP contribution is 2.34. The minimum absolute atomic E-state index is 0.186. The fourth-order valence-electron chi connectivity index (χ4n) is 3.55. The topological polar surface area (TPSA) is 87.5 Å². The lowest BCUT2D eigenvalue weighted by molar-refractivity contribution is 0.0697. The lowest BCUT2D eigenvalue weighted by atomic mass is 10.1. The summed E-state index contributed by atoms with van der Waals surface area (Å²) in [7, 11) is 0. The van der Waals surface area contributed by atoms with Crippen LogP contribution in [-0.2, 0) is 6.42 Å². The Morgan fingerprint density at radius 2 is 2.00 bits per heavy atom. The van der Waals surface area contributed by atoms with Crippen LogP contribution in [0.15, 0.2) is 59.5 Å². The largest absolute Gasteiger partial charge is 0.478 e. The zero-order valence-corrected chi connectivity index (χ0v) is 13.6. The predicted octanol–water partition coefficient (Wildman–Crippen LogP) is 2.96. The van der Waals surface area contributed by atoms with Gasteiger partial charge < -0.3 is 10.1 Å². The highest BCUT2D eigenvalue weighted by molar-refractivity contribution is 5.89. The van der Waals surface area contributed by atoms with Crippen molar-refractivity contribution in [2.75, 3.05) is 0 Å². The van der Waals surface area contributed by atoms with Gasteiger partial charge in [0.1, 0.15) is 0 Å². The van der Waals surface area contributed by atoms with Gasteiger partial charge >= 0.3 is 5.97 Å². The van der Waals surface area contributed by atoms with E-state index in [4.69, 9.17) is 0 Å². The summed E-state index contributed by atoms with van der Waals surface area (Å²) < 4.78 is 1.82. The molecule has 0 amide bonds. The molecule has 1 aliphatic carbocycles. The van der Waals surface area contributed by atoms with Crippen molar-refractivity contribution in [3.63, 3.8) is 0 Å². The second kappa shape index (κ2) is 5.16. The van der Waals surface area contributed by atoms with Crippen molar-refractivity contribution in [1.29, 1.82) is 0 Å². The van der Waals surface area contributed by atoms with Gasteiger partial charge in [-0.25, -0.2) is 9.78 Å². The summed E-state index contributed by atoms with van der Waals surface area (Å²) in [5, 5.41) is 9.19. The highest BCUT2D eigenvalue weighted by Gasteiger charge is 2.23. The van der Waals surface area contributed by atoms with Gasteiger partial charge in [0, 0.05) is 23.7 Å². The molecule has 1 aliphatic rings. The van der Waals surface area contributed by atoms with E-state index in [0.29, 0.717) is 23.3 Å². The molecule has 6 heteroatoms. The van der Waals surface area contributed by atoms with Crippen LogP contribution in [0, 0.1) is 0 Å². The molecule has 0 radical (unpaired) electrons. The maximum atomic E-state index is 12.5. The number of carboxylic acid groups (broad SMARTS) is 1. The molecule has 6 nitrogen and oxygen atoms in total. The Hall–Kier alpha value is -3.67. The van der Waals surface area contributed by atoms with Gasteiger partial charge in [0.15, 0.2) is 0 Å². The number of rotatable bonds is 2. The molecular weight excluding hydrogens is 330 g/mol. The van der Waals surface area contributed by atoms with E-state index >= 15 is 0 Å². The number of nitrogens with zero attached hydrogens (tertiary/aromatic N) is 2. The van der Waals surface area contributed by atoms with Crippen LogP contribution in [0.4, 0.5) is 0 Å². The molecule has 0 aliphatic heterocycles. The third-order valence-corrected chi connectivity index (χ3v) is 4.78. The number of aromatic carboxylic acids is 1. The van der Waals surface area contributed by atoms with Gasteiger partial charge in [0.2, 0.25) is 5.65 Å². The molecule has 0 spiro atoms. The van der Waals surface area contributed by atoms with Crippen molar-refractivity contribution in [3.8, 4) is 22.5 Å². The molecule has 0 bridgehead atoms. The van der Waals surface area contributed by atoms with E-state index in [1.807, 2.05) is 28.7 Å². The number of hydrogen-bond donors (Lipinski definition) is 2. The van der Waals surface area contributed by atoms with Gasteiger partial charge in [-0.15, -0.1) is 0 Å². The number of aromatic nitrogens is 3. The summed E-state index contributed by atoms with van der Waals surface area (Å²) in [5.41, 5.74) is 5.47. The van der Waals surface area contributed by atoms with E-state index in [1.54, 1.807) is 24.4 Å². The molecule has 0 saturated heterocycles. The van der Waals surface area contributed by atoms with E-state index in [0.717, 1.165) is 22.5 Å². The first kappa shape index (κ1) is 14.7. The lowest BCUT2D eigenvalue weighted by Crippen LogP contribution is -2.13. The molecule has 0 saturated carbocycles. The van der Waals surface area contributed by atoms with Crippen molar-refractivity contribution in [3.05, 3.63) is 81.9 Å². The van der Waals surface area contributed by atoms with Crippen LogP contribution < -0.4 is 5.56 Å². The highest BCUT2D eigenvalue weighted by atomic mass is 16.4. The van der Waals surface area contributed by atoms with Crippen LogP contribution in [0.25, 0.3) is 28.2 Å². The second-order valence-electron chi connectivity index (χ2n) is 6.32. The van der Waals surface area contributed by atoms with E-state index in [2.05, 4.69) is 9.97 Å². The van der Waals surface area contributed by atoms with Crippen LogP contribution >= 0.6 is 0 Å². The summed E-state index contributed by atoms with van der Waals surface area (Å²) in [5.74, 6) is -0.996. The van der Waals surface area contributed by atoms with Crippen molar-refractivity contribution in [2.45, 2.75) is 6.42 Å². The van der Waals surface area contributed by atoms with Gasteiger partial charge in [0.05, 0.1) is 22.6 Å². The fourth-order valence-corrected chi connectivity index (χ4v) is 3.55. The van der Waals surface area contributed by atoms with Crippen LogP contribution in [0.5, 0.6) is 0 Å². The molecule has 126 valence electrons. The standard InChI is InChI=1S/C20H13N3O3/c24-19-18-21-15(12-5-3-6-13(8-12)20(25)26)10-23(18)16-9-11-4-1-2-7-14(11)17(16)22-19/h1-8,10H,9H2,(H,22,24)(H,25,26). The number of benzene rings is 2. The predicted molar refractivity (Wildman–Crippen MR) is 96.5 cm³/mol. The maximum Gasteiger partial charge on any atom is 0.335 e. The van der Waals surface area contributed by atoms with Crippen LogP contribution in [-0.4, -0.2) is 25.4 Å². The smallest absolute Gasteiger partial charge is 0.335 e. The Balaban J connectivity index is 1.74. The average Bonchev–Trinajstić information content (AvgIpc) is 3.24. The van der Waals surface area contributed by atoms with E-state index < -0.39 is 5.97 Å². The number of nitrogens with one attached hydrogen (secondary N) is 1. The first-order valence-corrected chi connectivity index (χ1v) is 8.18. The maximum absolute atomic E-state index is 12.5. The number of hydrogen-bond acceptors (Lipinski definition) is 3. The Labute approximate surface area is 147 Å². The molecular formula is C20H13N3O3. The van der Waals surface area contributed by atoms with E-state index in [1.165, 1.54) is 6.07 Å². The summed E-state index contributed by atoms with van der Waals surface area (Å²) in [6.07, 6.45) is 2.51. The first-order chi connectivity index (χ1) is 12.6. The van der Waals surface area contributed by atoms with Crippen LogP contribution in [0.1, 0.15) is 21.6 Å². The molecule has 2 aromatic carbocycles. The Morgan fingerprint density at radius 1 is 1.15 bits per heavy atom. The third-order valence-electron chi connectivity index (χ3n) is 4.78.